The Bertz CT molecular complexity index is 536. The third-order valence-electron chi connectivity index (χ3n) is 4.79. The smallest absolute Gasteiger partial charge is 0.323 e. The Morgan fingerprint density at radius 1 is 1.27 bits per heavy atom. The minimum Gasteiger partial charge on any atom is -0.465 e. The van der Waals surface area contributed by atoms with E-state index >= 15 is 0 Å². The van der Waals surface area contributed by atoms with Crippen LogP contribution in [-0.4, -0.2) is 12.6 Å². The minimum absolute atomic E-state index is 0.269. The molecule has 0 saturated heterocycles. The maximum Gasteiger partial charge on any atom is 0.323 e. The van der Waals surface area contributed by atoms with Crippen molar-refractivity contribution in [2.75, 3.05) is 6.61 Å². The number of rotatable bonds is 5. The number of nitrogens with zero attached hydrogens (tertiary/aromatic N) is 1. The molecule has 1 atom stereocenters. The second kappa shape index (κ2) is 7.45. The third-order valence-corrected chi connectivity index (χ3v) is 4.79. The fourth-order valence-electron chi connectivity index (χ4n) is 3.60. The second-order valence-corrected chi connectivity index (χ2v) is 6.40. The molecule has 0 spiro atoms. The Morgan fingerprint density at radius 2 is 1.91 bits per heavy atom. The molecular formula is C19H25NO2. The zero-order chi connectivity index (χ0) is 16.0. The van der Waals surface area contributed by atoms with E-state index in [1.165, 1.54) is 17.5 Å². The maximum absolute atomic E-state index is 12.3. The topological polar surface area (TPSA) is 50.1 Å². The molecule has 118 valence electrons. The van der Waals surface area contributed by atoms with Crippen LogP contribution >= 0.6 is 0 Å². The van der Waals surface area contributed by atoms with Crippen LogP contribution in [0.5, 0.6) is 0 Å². The molecule has 1 aliphatic rings. The fourth-order valence-corrected chi connectivity index (χ4v) is 3.60. The number of aryl methyl sites for hydroxylation is 1. The molecule has 0 unspecified atom stereocenters. The van der Waals surface area contributed by atoms with Gasteiger partial charge in [-0.3, -0.25) is 4.79 Å². The molecule has 1 aromatic carbocycles. The van der Waals surface area contributed by atoms with E-state index in [4.69, 9.17) is 4.74 Å². The lowest BCUT2D eigenvalue weighted by Crippen LogP contribution is -2.39. The van der Waals surface area contributed by atoms with Gasteiger partial charge in [0.25, 0.3) is 0 Å². The van der Waals surface area contributed by atoms with Crippen LogP contribution in [0.4, 0.5) is 0 Å². The molecule has 0 amide bonds. The summed E-state index contributed by atoms with van der Waals surface area (Å²) in [5, 5.41) is 9.61. The Kier molecular flexibility index (Phi) is 5.60. The van der Waals surface area contributed by atoms with Crippen LogP contribution in [-0.2, 0) is 16.0 Å². The number of carbonyl (C=O) groups excluding carboxylic acids is 1. The first kappa shape index (κ1) is 16.5. The summed E-state index contributed by atoms with van der Waals surface area (Å²) in [6.07, 6.45) is 6.00. The molecule has 0 bridgehead atoms. The van der Waals surface area contributed by atoms with Gasteiger partial charge in [-0.15, -0.1) is 0 Å². The summed E-state index contributed by atoms with van der Waals surface area (Å²) in [4.78, 5) is 12.3. The van der Waals surface area contributed by atoms with E-state index in [1.54, 1.807) is 6.92 Å². The highest BCUT2D eigenvalue weighted by atomic mass is 16.5. The van der Waals surface area contributed by atoms with Crippen molar-refractivity contribution in [2.45, 2.75) is 52.4 Å². The van der Waals surface area contributed by atoms with Crippen LogP contribution in [0.1, 0.15) is 50.2 Å². The molecular weight excluding hydrogens is 274 g/mol. The van der Waals surface area contributed by atoms with Crippen molar-refractivity contribution in [3.8, 4) is 6.07 Å². The van der Waals surface area contributed by atoms with Gasteiger partial charge in [-0.1, -0.05) is 49.1 Å². The van der Waals surface area contributed by atoms with Gasteiger partial charge in [0.15, 0.2) is 0 Å². The molecule has 22 heavy (non-hydrogen) atoms. The summed E-state index contributed by atoms with van der Waals surface area (Å²) in [5.41, 5.74) is 2.16. The van der Waals surface area contributed by atoms with Gasteiger partial charge in [0.2, 0.25) is 0 Å². The second-order valence-electron chi connectivity index (χ2n) is 6.40. The molecule has 1 saturated carbocycles. The molecule has 0 aliphatic heterocycles. The predicted octanol–water partition coefficient (Wildman–Crippen LogP) is 4.19. The summed E-state index contributed by atoms with van der Waals surface area (Å²) < 4.78 is 5.17. The van der Waals surface area contributed by atoms with Gasteiger partial charge in [-0.25, -0.2) is 0 Å². The average Bonchev–Trinajstić information content (AvgIpc) is 2.51. The summed E-state index contributed by atoms with van der Waals surface area (Å²) >= 11 is 0. The monoisotopic (exact) mass is 299 g/mol. The Morgan fingerprint density at radius 3 is 2.45 bits per heavy atom. The van der Waals surface area contributed by atoms with E-state index in [2.05, 4.69) is 37.3 Å². The molecule has 3 heteroatoms. The van der Waals surface area contributed by atoms with Crippen LogP contribution in [0.2, 0.25) is 0 Å². The van der Waals surface area contributed by atoms with E-state index in [0.29, 0.717) is 6.61 Å². The molecule has 3 nitrogen and oxygen atoms in total. The van der Waals surface area contributed by atoms with Gasteiger partial charge < -0.3 is 4.74 Å². The van der Waals surface area contributed by atoms with Gasteiger partial charge in [0.1, 0.15) is 5.92 Å². The van der Waals surface area contributed by atoms with Crippen LogP contribution in [0, 0.1) is 29.6 Å². The molecule has 0 heterocycles. The van der Waals surface area contributed by atoms with Crippen molar-refractivity contribution in [2.24, 2.45) is 11.3 Å². The largest absolute Gasteiger partial charge is 0.465 e. The quantitative estimate of drug-likeness (QED) is 0.766. The first-order valence-electron chi connectivity index (χ1n) is 8.23. The minimum atomic E-state index is -0.658. The van der Waals surface area contributed by atoms with Gasteiger partial charge in [-0.2, -0.15) is 5.26 Å². The summed E-state index contributed by atoms with van der Waals surface area (Å²) in [6.45, 7) is 4.19. The zero-order valence-electron chi connectivity index (χ0n) is 13.6. The average molecular weight is 299 g/mol. The van der Waals surface area contributed by atoms with Gasteiger partial charge in [0.05, 0.1) is 12.7 Å². The van der Waals surface area contributed by atoms with Crippen molar-refractivity contribution >= 4 is 5.97 Å². The van der Waals surface area contributed by atoms with Crippen molar-refractivity contribution in [1.82, 2.24) is 0 Å². The van der Waals surface area contributed by atoms with Crippen molar-refractivity contribution in [3.63, 3.8) is 0 Å². The fraction of sp³-hybridized carbons (Fsp3) is 0.579. The number of esters is 1. The number of benzene rings is 1. The lowest BCUT2D eigenvalue weighted by molar-refractivity contribution is -0.151. The maximum atomic E-state index is 12.3. The van der Waals surface area contributed by atoms with E-state index in [-0.39, 0.29) is 11.4 Å². The van der Waals surface area contributed by atoms with Crippen LogP contribution in [0.15, 0.2) is 24.3 Å². The van der Waals surface area contributed by atoms with Crippen LogP contribution in [0.3, 0.4) is 0 Å². The lowest BCUT2D eigenvalue weighted by Gasteiger charge is -2.39. The molecule has 0 N–H and O–H groups in total. The number of hydrogen-bond donors (Lipinski definition) is 0. The molecule has 1 aliphatic carbocycles. The molecule has 1 fully saturated rings. The highest BCUT2D eigenvalue weighted by molar-refractivity contribution is 5.76. The number of hydrogen-bond acceptors (Lipinski definition) is 3. The number of nitriles is 1. The van der Waals surface area contributed by atoms with E-state index in [0.717, 1.165) is 32.1 Å². The summed E-state index contributed by atoms with van der Waals surface area (Å²) in [7, 11) is 0. The van der Waals surface area contributed by atoms with Crippen molar-refractivity contribution < 1.29 is 9.53 Å². The van der Waals surface area contributed by atoms with Crippen molar-refractivity contribution in [1.29, 1.82) is 5.26 Å². The normalized spacial score (nSPS) is 18.2. The summed E-state index contributed by atoms with van der Waals surface area (Å²) in [5.74, 6) is -1.01. The Balaban J connectivity index is 2.28. The number of ether oxygens (including phenoxy) is 1. The van der Waals surface area contributed by atoms with Gasteiger partial charge in [-0.05, 0) is 38.7 Å². The van der Waals surface area contributed by atoms with Crippen molar-refractivity contribution in [3.05, 3.63) is 35.4 Å². The van der Waals surface area contributed by atoms with E-state index in [1.807, 2.05) is 0 Å². The first-order chi connectivity index (χ1) is 10.6. The molecule has 2 rings (SSSR count). The molecule has 0 radical (unpaired) electrons. The van der Waals surface area contributed by atoms with E-state index in [9.17, 15) is 10.1 Å². The van der Waals surface area contributed by atoms with E-state index < -0.39 is 5.92 Å². The summed E-state index contributed by atoms with van der Waals surface area (Å²) in [6, 6.07) is 10.7. The Labute approximate surface area is 133 Å². The van der Waals surface area contributed by atoms with Gasteiger partial charge in [0, 0.05) is 5.41 Å². The van der Waals surface area contributed by atoms with Gasteiger partial charge >= 0.3 is 5.97 Å². The SMILES string of the molecule is CCOC(=O)[C@@H](C#N)C1(Cc2ccc(C)cc2)CCCCC1. The van der Waals surface area contributed by atoms with Crippen LogP contribution < -0.4 is 0 Å². The zero-order valence-corrected chi connectivity index (χ0v) is 13.6. The first-order valence-corrected chi connectivity index (χ1v) is 8.23. The molecule has 0 aromatic heterocycles. The molecule has 1 aromatic rings. The predicted molar refractivity (Wildman–Crippen MR) is 86.1 cm³/mol. The standard InChI is InChI=1S/C19H25NO2/c1-3-22-18(21)17(14-20)19(11-5-4-6-12-19)13-16-9-7-15(2)8-10-16/h7-10,17H,3-6,11-13H2,1-2H3/t17-/m1/s1. The number of carbonyl (C=O) groups is 1. The lowest BCUT2D eigenvalue weighted by atomic mass is 9.63. The highest BCUT2D eigenvalue weighted by Crippen LogP contribution is 2.45. The third kappa shape index (κ3) is 3.68. The Hall–Kier alpha value is -1.82. The van der Waals surface area contributed by atoms with Crippen LogP contribution in [0.25, 0.3) is 0 Å². The highest BCUT2D eigenvalue weighted by Gasteiger charge is 2.44.